The molecule has 0 unspecified atom stereocenters. The van der Waals surface area contributed by atoms with Gasteiger partial charge in [-0.05, 0) is 30.3 Å². The molecule has 0 aliphatic carbocycles. The summed E-state index contributed by atoms with van der Waals surface area (Å²) in [6.45, 7) is 0. The third-order valence-corrected chi connectivity index (χ3v) is 2.69. The van der Waals surface area contributed by atoms with E-state index in [-0.39, 0.29) is 10.2 Å². The first kappa shape index (κ1) is 12.4. The second-order valence-electron chi connectivity index (χ2n) is 3.55. The first-order valence-corrected chi connectivity index (χ1v) is 5.32. The minimum atomic E-state index is -1.15. The van der Waals surface area contributed by atoms with Crippen molar-refractivity contribution in [3.63, 3.8) is 0 Å². The van der Waals surface area contributed by atoms with E-state index in [1.807, 2.05) is 0 Å². The van der Waals surface area contributed by atoms with Crippen molar-refractivity contribution >= 4 is 18.2 Å². The molecule has 6 heteroatoms. The summed E-state index contributed by atoms with van der Waals surface area (Å²) in [5, 5.41) is 8.81. The van der Waals surface area contributed by atoms with Crippen LogP contribution in [0.5, 0.6) is 0 Å². The van der Waals surface area contributed by atoms with Crippen LogP contribution in [0.2, 0.25) is 0 Å². The summed E-state index contributed by atoms with van der Waals surface area (Å²) in [6.07, 6.45) is 0. The van der Waals surface area contributed by atoms with Gasteiger partial charge in [0, 0.05) is 11.3 Å². The number of benzene rings is 1. The molecular formula is C12H7F2NO2S. The van der Waals surface area contributed by atoms with E-state index in [0.29, 0.717) is 11.3 Å². The predicted octanol–water partition coefficient (Wildman–Crippen LogP) is 3.39. The molecule has 0 bridgehead atoms. The van der Waals surface area contributed by atoms with Crippen molar-refractivity contribution in [1.29, 1.82) is 0 Å². The molecule has 1 aromatic heterocycles. The van der Waals surface area contributed by atoms with Gasteiger partial charge in [0.25, 0.3) is 0 Å². The van der Waals surface area contributed by atoms with Crippen LogP contribution in [0, 0.1) is 16.3 Å². The molecule has 0 radical (unpaired) electrons. The van der Waals surface area contributed by atoms with Crippen molar-refractivity contribution in [3.8, 4) is 11.3 Å². The minimum Gasteiger partial charge on any atom is -0.478 e. The van der Waals surface area contributed by atoms with Crippen molar-refractivity contribution in [2.45, 2.75) is 0 Å². The predicted molar refractivity (Wildman–Crippen MR) is 63.9 cm³/mol. The molecule has 0 amide bonds. The Morgan fingerprint density at radius 1 is 1.17 bits per heavy atom. The monoisotopic (exact) mass is 267 g/mol. The summed E-state index contributed by atoms with van der Waals surface area (Å²) in [5.41, 5.74) is 0.761. The van der Waals surface area contributed by atoms with Crippen LogP contribution in [-0.2, 0) is 0 Å². The molecule has 0 saturated carbocycles. The molecule has 0 aliphatic rings. The average Bonchev–Trinajstić information content (AvgIpc) is 2.32. The molecule has 0 aliphatic heterocycles. The standard InChI is InChI=1S/C12H7F2NO2S/c13-8-3-1-6(5-9(8)14)10-4-2-7(12(16)17)11(18)15-10/h1-5H,(H,15,18)(H,16,17). The number of aromatic carboxylic acids is 1. The SMILES string of the molecule is O=C(O)c1ccc(-c2ccc(F)c(F)c2)[nH]c1=S. The maximum absolute atomic E-state index is 13.1. The summed E-state index contributed by atoms with van der Waals surface area (Å²) in [7, 11) is 0. The Kier molecular flexibility index (Phi) is 3.20. The molecule has 1 aromatic carbocycles. The van der Waals surface area contributed by atoms with E-state index in [1.54, 1.807) is 0 Å². The van der Waals surface area contributed by atoms with Gasteiger partial charge in [0.15, 0.2) is 11.6 Å². The number of carboxylic acids is 1. The van der Waals surface area contributed by atoms with Gasteiger partial charge in [0.2, 0.25) is 0 Å². The zero-order chi connectivity index (χ0) is 13.3. The fraction of sp³-hybridized carbons (Fsp3) is 0. The number of nitrogens with one attached hydrogen (secondary N) is 1. The lowest BCUT2D eigenvalue weighted by atomic mass is 10.1. The molecule has 0 fully saturated rings. The lowest BCUT2D eigenvalue weighted by Gasteiger charge is -2.04. The van der Waals surface area contributed by atoms with Gasteiger partial charge in [-0.3, -0.25) is 0 Å². The van der Waals surface area contributed by atoms with Gasteiger partial charge >= 0.3 is 5.97 Å². The molecule has 92 valence electrons. The summed E-state index contributed by atoms with van der Waals surface area (Å²) >= 11 is 4.87. The maximum atomic E-state index is 13.1. The highest BCUT2D eigenvalue weighted by Crippen LogP contribution is 2.20. The highest BCUT2D eigenvalue weighted by atomic mass is 32.1. The van der Waals surface area contributed by atoms with Crippen LogP contribution in [0.1, 0.15) is 10.4 Å². The highest BCUT2D eigenvalue weighted by molar-refractivity contribution is 7.71. The average molecular weight is 267 g/mol. The summed E-state index contributed by atoms with van der Waals surface area (Å²) in [6, 6.07) is 6.15. The van der Waals surface area contributed by atoms with Crippen LogP contribution in [0.3, 0.4) is 0 Å². The first-order valence-electron chi connectivity index (χ1n) is 4.91. The summed E-state index contributed by atoms with van der Waals surface area (Å²) in [4.78, 5) is 13.4. The van der Waals surface area contributed by atoms with Crippen LogP contribution in [0.4, 0.5) is 8.78 Å². The second kappa shape index (κ2) is 4.66. The molecule has 0 atom stereocenters. The van der Waals surface area contributed by atoms with Gasteiger partial charge in [-0.15, -0.1) is 0 Å². The zero-order valence-corrected chi connectivity index (χ0v) is 9.72. The van der Waals surface area contributed by atoms with E-state index >= 15 is 0 Å². The molecule has 2 aromatic rings. The van der Waals surface area contributed by atoms with Crippen LogP contribution < -0.4 is 0 Å². The normalized spacial score (nSPS) is 10.3. The Morgan fingerprint density at radius 2 is 1.89 bits per heavy atom. The van der Waals surface area contributed by atoms with Crippen molar-refractivity contribution in [3.05, 3.63) is 52.2 Å². The van der Waals surface area contributed by atoms with Gasteiger partial charge in [-0.25, -0.2) is 13.6 Å². The van der Waals surface area contributed by atoms with Crippen molar-refractivity contribution < 1.29 is 18.7 Å². The number of carbonyl (C=O) groups is 1. The van der Waals surface area contributed by atoms with E-state index < -0.39 is 17.6 Å². The zero-order valence-electron chi connectivity index (χ0n) is 8.91. The first-order chi connectivity index (χ1) is 8.49. The van der Waals surface area contributed by atoms with Gasteiger partial charge in [0.1, 0.15) is 4.64 Å². The Labute approximate surface area is 106 Å². The van der Waals surface area contributed by atoms with Gasteiger partial charge in [-0.2, -0.15) is 0 Å². The second-order valence-corrected chi connectivity index (χ2v) is 3.96. The molecule has 0 spiro atoms. The van der Waals surface area contributed by atoms with Gasteiger partial charge in [0.05, 0.1) is 5.56 Å². The van der Waals surface area contributed by atoms with Crippen molar-refractivity contribution in [1.82, 2.24) is 4.98 Å². The highest BCUT2D eigenvalue weighted by Gasteiger charge is 2.08. The third kappa shape index (κ3) is 2.28. The number of rotatable bonds is 2. The number of hydrogen-bond acceptors (Lipinski definition) is 2. The van der Waals surface area contributed by atoms with E-state index in [9.17, 15) is 13.6 Å². The number of aromatic amines is 1. The largest absolute Gasteiger partial charge is 0.478 e. The third-order valence-electron chi connectivity index (χ3n) is 2.37. The number of carboxylic acid groups (broad SMARTS) is 1. The Hall–Kier alpha value is -2.08. The van der Waals surface area contributed by atoms with Gasteiger partial charge in [-0.1, -0.05) is 12.2 Å². The number of hydrogen-bond donors (Lipinski definition) is 2. The quantitative estimate of drug-likeness (QED) is 0.820. The topological polar surface area (TPSA) is 53.1 Å². The maximum Gasteiger partial charge on any atom is 0.338 e. The Balaban J connectivity index is 2.52. The minimum absolute atomic E-state index is 0.0322. The molecular weight excluding hydrogens is 260 g/mol. The summed E-state index contributed by atoms with van der Waals surface area (Å²) in [5.74, 6) is -3.07. The number of pyridine rings is 1. The number of halogens is 2. The van der Waals surface area contributed by atoms with E-state index in [2.05, 4.69) is 4.98 Å². The lowest BCUT2D eigenvalue weighted by Crippen LogP contribution is -1.99. The van der Waals surface area contributed by atoms with Crippen LogP contribution in [0.25, 0.3) is 11.3 Å². The molecule has 18 heavy (non-hydrogen) atoms. The van der Waals surface area contributed by atoms with Crippen LogP contribution >= 0.6 is 12.2 Å². The van der Waals surface area contributed by atoms with Crippen LogP contribution in [0.15, 0.2) is 30.3 Å². The number of aromatic nitrogens is 1. The van der Waals surface area contributed by atoms with E-state index in [1.165, 1.54) is 18.2 Å². The van der Waals surface area contributed by atoms with Crippen molar-refractivity contribution in [2.24, 2.45) is 0 Å². The molecule has 0 saturated heterocycles. The summed E-state index contributed by atoms with van der Waals surface area (Å²) < 4.78 is 25.9. The molecule has 2 N–H and O–H groups in total. The Bertz CT molecular complexity index is 682. The molecule has 3 nitrogen and oxygen atoms in total. The van der Waals surface area contributed by atoms with E-state index in [0.717, 1.165) is 12.1 Å². The van der Waals surface area contributed by atoms with E-state index in [4.69, 9.17) is 17.3 Å². The fourth-order valence-electron chi connectivity index (χ4n) is 1.47. The van der Waals surface area contributed by atoms with Crippen LogP contribution in [-0.4, -0.2) is 16.1 Å². The lowest BCUT2D eigenvalue weighted by molar-refractivity contribution is 0.0696. The molecule has 1 heterocycles. The number of H-pyrrole nitrogens is 1. The smallest absolute Gasteiger partial charge is 0.338 e. The molecule has 2 rings (SSSR count). The van der Waals surface area contributed by atoms with Crippen molar-refractivity contribution in [2.75, 3.05) is 0 Å². The van der Waals surface area contributed by atoms with Gasteiger partial charge < -0.3 is 10.1 Å². The fourth-order valence-corrected chi connectivity index (χ4v) is 1.74. The Morgan fingerprint density at radius 3 is 2.44 bits per heavy atom.